The summed E-state index contributed by atoms with van der Waals surface area (Å²) in [6.45, 7) is 2.86. The first kappa shape index (κ1) is 14.3. The lowest BCUT2D eigenvalue weighted by Gasteiger charge is -2.32. The number of carbonyl (C=O) groups is 1. The van der Waals surface area contributed by atoms with Crippen LogP contribution in [0, 0.1) is 16.0 Å². The van der Waals surface area contributed by atoms with Crippen LogP contribution in [0.1, 0.15) is 19.8 Å². The van der Waals surface area contributed by atoms with Crippen molar-refractivity contribution in [3.8, 4) is 5.75 Å². The van der Waals surface area contributed by atoms with Crippen LogP contribution in [0.15, 0.2) is 18.2 Å². The van der Waals surface area contributed by atoms with Gasteiger partial charge in [-0.2, -0.15) is 0 Å². The van der Waals surface area contributed by atoms with Crippen LogP contribution in [0.5, 0.6) is 5.75 Å². The van der Waals surface area contributed by atoms with E-state index >= 15 is 0 Å². The van der Waals surface area contributed by atoms with Crippen molar-refractivity contribution in [2.45, 2.75) is 19.8 Å². The van der Waals surface area contributed by atoms with Gasteiger partial charge in [-0.1, -0.05) is 0 Å². The number of nitro groups is 1. The Kier molecular flexibility index (Phi) is 4.22. The number of piperidine rings is 1. The van der Waals surface area contributed by atoms with E-state index in [9.17, 15) is 14.9 Å². The molecule has 6 heteroatoms. The van der Waals surface area contributed by atoms with Crippen LogP contribution in [-0.2, 0) is 4.79 Å². The number of ketones is 1. The Bertz CT molecular complexity index is 530. The lowest BCUT2D eigenvalue weighted by atomic mass is 9.94. The van der Waals surface area contributed by atoms with Gasteiger partial charge < -0.3 is 9.64 Å². The molecule has 0 aliphatic carbocycles. The molecule has 0 N–H and O–H groups in total. The molecule has 2 rings (SSSR count). The number of benzene rings is 1. The third-order valence-corrected chi connectivity index (χ3v) is 3.72. The minimum absolute atomic E-state index is 0.0218. The van der Waals surface area contributed by atoms with Gasteiger partial charge in [0.25, 0.3) is 5.69 Å². The van der Waals surface area contributed by atoms with Crippen LogP contribution in [-0.4, -0.2) is 30.9 Å². The molecule has 0 amide bonds. The van der Waals surface area contributed by atoms with Crippen molar-refractivity contribution in [3.63, 3.8) is 0 Å². The van der Waals surface area contributed by atoms with Crippen molar-refractivity contribution in [2.75, 3.05) is 25.1 Å². The molecule has 0 radical (unpaired) electrons. The number of nitro benzene ring substituents is 1. The molecule has 1 unspecified atom stereocenters. The van der Waals surface area contributed by atoms with Gasteiger partial charge in [-0.15, -0.1) is 0 Å². The highest BCUT2D eigenvalue weighted by Gasteiger charge is 2.27. The van der Waals surface area contributed by atoms with E-state index in [4.69, 9.17) is 4.74 Å². The fourth-order valence-corrected chi connectivity index (χ4v) is 2.57. The summed E-state index contributed by atoms with van der Waals surface area (Å²) >= 11 is 0. The first-order valence-electron chi connectivity index (χ1n) is 6.60. The zero-order valence-corrected chi connectivity index (χ0v) is 11.7. The smallest absolute Gasteiger partial charge is 0.296 e. The van der Waals surface area contributed by atoms with Gasteiger partial charge in [0.2, 0.25) is 0 Å². The lowest BCUT2D eigenvalue weighted by molar-refractivity contribution is -0.384. The SMILES string of the molecule is COc1ccc(N2CCCC(C(C)=O)C2)c([N+](=O)[O-])c1. The van der Waals surface area contributed by atoms with Crippen molar-refractivity contribution in [1.82, 2.24) is 0 Å². The molecule has 1 heterocycles. The molecule has 1 atom stereocenters. The van der Waals surface area contributed by atoms with E-state index in [1.807, 2.05) is 4.90 Å². The molecule has 0 saturated carbocycles. The average molecular weight is 278 g/mol. The van der Waals surface area contributed by atoms with Gasteiger partial charge in [-0.25, -0.2) is 0 Å². The molecule has 0 aromatic heterocycles. The molecule has 1 fully saturated rings. The number of nitrogens with zero attached hydrogens (tertiary/aromatic N) is 2. The van der Waals surface area contributed by atoms with Gasteiger partial charge in [0.15, 0.2) is 0 Å². The zero-order chi connectivity index (χ0) is 14.7. The van der Waals surface area contributed by atoms with Crippen molar-refractivity contribution < 1.29 is 14.5 Å². The van der Waals surface area contributed by atoms with E-state index in [2.05, 4.69) is 0 Å². The van der Waals surface area contributed by atoms with Crippen LogP contribution in [0.2, 0.25) is 0 Å². The number of hydrogen-bond acceptors (Lipinski definition) is 5. The molecule has 1 aromatic carbocycles. The third kappa shape index (κ3) is 2.89. The molecule has 1 saturated heterocycles. The van der Waals surface area contributed by atoms with Crippen molar-refractivity contribution in [2.24, 2.45) is 5.92 Å². The van der Waals surface area contributed by atoms with E-state index in [0.717, 1.165) is 19.4 Å². The molecule has 1 aromatic rings. The zero-order valence-electron chi connectivity index (χ0n) is 11.7. The molecule has 0 spiro atoms. The maximum Gasteiger partial charge on any atom is 0.296 e. The molecular formula is C14H18N2O4. The summed E-state index contributed by atoms with van der Waals surface area (Å²) in [5.74, 6) is 0.567. The Labute approximate surface area is 117 Å². The molecule has 108 valence electrons. The number of ether oxygens (including phenoxy) is 1. The number of methoxy groups -OCH3 is 1. The Morgan fingerprint density at radius 2 is 2.25 bits per heavy atom. The van der Waals surface area contributed by atoms with Crippen LogP contribution >= 0.6 is 0 Å². The van der Waals surface area contributed by atoms with E-state index < -0.39 is 4.92 Å². The van der Waals surface area contributed by atoms with Crippen molar-refractivity contribution in [3.05, 3.63) is 28.3 Å². The number of carbonyl (C=O) groups excluding carboxylic acids is 1. The van der Waals surface area contributed by atoms with Gasteiger partial charge in [0, 0.05) is 19.0 Å². The molecule has 1 aliphatic heterocycles. The highest BCUT2D eigenvalue weighted by atomic mass is 16.6. The van der Waals surface area contributed by atoms with Crippen LogP contribution in [0.3, 0.4) is 0 Å². The highest BCUT2D eigenvalue weighted by Crippen LogP contribution is 2.34. The number of hydrogen-bond donors (Lipinski definition) is 0. The molecular weight excluding hydrogens is 260 g/mol. The summed E-state index contributed by atoms with van der Waals surface area (Å²) in [6.07, 6.45) is 1.73. The second kappa shape index (κ2) is 5.90. The Morgan fingerprint density at radius 3 is 2.85 bits per heavy atom. The number of Topliss-reactive ketones (excluding diaryl/α,β-unsaturated/α-hetero) is 1. The standard InChI is InChI=1S/C14H18N2O4/c1-10(17)11-4-3-7-15(9-11)13-6-5-12(20-2)8-14(13)16(18)19/h5-6,8,11H,3-4,7,9H2,1-2H3. The molecule has 1 aliphatic rings. The van der Waals surface area contributed by atoms with E-state index in [-0.39, 0.29) is 17.4 Å². The molecule has 6 nitrogen and oxygen atoms in total. The van der Waals surface area contributed by atoms with E-state index in [1.54, 1.807) is 19.1 Å². The summed E-state index contributed by atoms with van der Waals surface area (Å²) in [5, 5.41) is 11.2. The first-order valence-corrected chi connectivity index (χ1v) is 6.60. The predicted molar refractivity (Wildman–Crippen MR) is 75.3 cm³/mol. The van der Waals surface area contributed by atoms with Gasteiger partial charge in [0.1, 0.15) is 17.2 Å². The third-order valence-electron chi connectivity index (χ3n) is 3.72. The average Bonchev–Trinajstić information content (AvgIpc) is 2.46. The fourth-order valence-electron chi connectivity index (χ4n) is 2.57. The second-order valence-electron chi connectivity index (χ2n) is 5.01. The summed E-state index contributed by atoms with van der Waals surface area (Å²) in [5.41, 5.74) is 0.579. The normalized spacial score (nSPS) is 18.7. The quantitative estimate of drug-likeness (QED) is 0.624. The van der Waals surface area contributed by atoms with E-state index in [0.29, 0.717) is 18.0 Å². The summed E-state index contributed by atoms with van der Waals surface area (Å²) < 4.78 is 5.03. The number of anilines is 1. The summed E-state index contributed by atoms with van der Waals surface area (Å²) in [7, 11) is 1.48. The Hall–Kier alpha value is -2.11. The highest BCUT2D eigenvalue weighted by molar-refractivity contribution is 5.79. The second-order valence-corrected chi connectivity index (χ2v) is 5.01. The first-order chi connectivity index (χ1) is 9.52. The van der Waals surface area contributed by atoms with E-state index in [1.165, 1.54) is 13.2 Å². The minimum Gasteiger partial charge on any atom is -0.496 e. The van der Waals surface area contributed by atoms with Crippen LogP contribution in [0.25, 0.3) is 0 Å². The minimum atomic E-state index is -0.408. The Balaban J connectivity index is 2.31. The monoisotopic (exact) mass is 278 g/mol. The van der Waals surface area contributed by atoms with Gasteiger partial charge in [0.05, 0.1) is 18.1 Å². The van der Waals surface area contributed by atoms with Gasteiger partial charge in [-0.3, -0.25) is 14.9 Å². The molecule has 20 heavy (non-hydrogen) atoms. The summed E-state index contributed by atoms with van der Waals surface area (Å²) in [6, 6.07) is 4.83. The summed E-state index contributed by atoms with van der Waals surface area (Å²) in [4.78, 5) is 24.2. The molecule has 0 bridgehead atoms. The van der Waals surface area contributed by atoms with Crippen molar-refractivity contribution >= 4 is 17.2 Å². The maximum absolute atomic E-state index is 11.5. The van der Waals surface area contributed by atoms with Gasteiger partial charge in [-0.05, 0) is 31.9 Å². The fraction of sp³-hybridized carbons (Fsp3) is 0.500. The largest absolute Gasteiger partial charge is 0.496 e. The van der Waals surface area contributed by atoms with Crippen LogP contribution in [0.4, 0.5) is 11.4 Å². The Morgan fingerprint density at radius 1 is 1.50 bits per heavy atom. The number of rotatable bonds is 4. The van der Waals surface area contributed by atoms with Crippen LogP contribution < -0.4 is 9.64 Å². The predicted octanol–water partition coefficient (Wildman–Crippen LogP) is 2.41. The van der Waals surface area contributed by atoms with Gasteiger partial charge >= 0.3 is 0 Å². The lowest BCUT2D eigenvalue weighted by Crippen LogP contribution is -2.38. The topological polar surface area (TPSA) is 72.7 Å². The van der Waals surface area contributed by atoms with Crippen molar-refractivity contribution in [1.29, 1.82) is 0 Å². The maximum atomic E-state index is 11.5.